The molecule has 0 radical (unpaired) electrons. The van der Waals surface area contributed by atoms with Crippen molar-refractivity contribution in [1.82, 2.24) is 4.90 Å². The number of imide groups is 1. The fourth-order valence-electron chi connectivity index (χ4n) is 4.79. The summed E-state index contributed by atoms with van der Waals surface area (Å²) in [5.74, 6) is -4.06. The zero-order valence-electron chi connectivity index (χ0n) is 18.3. The summed E-state index contributed by atoms with van der Waals surface area (Å²) in [4.78, 5) is 39.5. The third-order valence-electron chi connectivity index (χ3n) is 6.55. The highest BCUT2D eigenvalue weighted by Crippen LogP contribution is 2.51. The predicted octanol–water partition coefficient (Wildman–Crippen LogP) is 3.52. The first-order valence-corrected chi connectivity index (χ1v) is 10.7. The summed E-state index contributed by atoms with van der Waals surface area (Å²) in [6.07, 6.45) is 3.52. The minimum Gasteiger partial charge on any atom is -0.325 e. The van der Waals surface area contributed by atoms with E-state index in [0.29, 0.717) is 18.5 Å². The number of hydrogen-bond acceptors (Lipinski definition) is 5. The van der Waals surface area contributed by atoms with Crippen molar-refractivity contribution in [3.63, 3.8) is 0 Å². The number of hydrogen-bond donors (Lipinski definition) is 1. The maximum atomic E-state index is 13.0. The van der Waals surface area contributed by atoms with Gasteiger partial charge in [0.1, 0.15) is 18.4 Å². The van der Waals surface area contributed by atoms with Gasteiger partial charge in [0.2, 0.25) is 17.7 Å². The first-order valence-electron chi connectivity index (χ1n) is 10.7. The van der Waals surface area contributed by atoms with E-state index in [9.17, 15) is 24.9 Å². The molecule has 0 aromatic heterocycles. The summed E-state index contributed by atoms with van der Waals surface area (Å²) in [7, 11) is 0. The van der Waals surface area contributed by atoms with Gasteiger partial charge in [-0.1, -0.05) is 52.2 Å². The number of benzene rings is 1. The molecule has 1 N–H and O–H groups in total. The molecule has 2 fully saturated rings. The number of carbonyl (C=O) groups excluding carboxylic acids is 3. The van der Waals surface area contributed by atoms with Crippen LogP contribution in [0.15, 0.2) is 24.3 Å². The van der Waals surface area contributed by atoms with Gasteiger partial charge in [-0.25, -0.2) is 0 Å². The first kappa shape index (κ1) is 22.5. The third kappa shape index (κ3) is 4.18. The Hall–Kier alpha value is -3.19. The molecule has 3 amide bonds. The normalized spacial score (nSPS) is 23.2. The summed E-state index contributed by atoms with van der Waals surface area (Å²) in [5.41, 5.74) is 0.694. The van der Waals surface area contributed by atoms with Gasteiger partial charge in [0.25, 0.3) is 0 Å². The van der Waals surface area contributed by atoms with Crippen molar-refractivity contribution >= 4 is 23.4 Å². The molecule has 31 heavy (non-hydrogen) atoms. The molecule has 1 spiro atoms. The van der Waals surface area contributed by atoms with Gasteiger partial charge in [0, 0.05) is 11.1 Å². The third-order valence-corrected chi connectivity index (χ3v) is 6.55. The fourth-order valence-corrected chi connectivity index (χ4v) is 4.79. The zero-order chi connectivity index (χ0) is 22.8. The molecule has 1 aliphatic heterocycles. The van der Waals surface area contributed by atoms with E-state index in [4.69, 9.17) is 0 Å². The minimum absolute atomic E-state index is 0.0249. The fraction of sp³-hybridized carbons (Fsp3) is 0.542. The quantitative estimate of drug-likeness (QED) is 0.752. The predicted molar refractivity (Wildman–Crippen MR) is 114 cm³/mol. The lowest BCUT2D eigenvalue weighted by atomic mass is 9.57. The van der Waals surface area contributed by atoms with E-state index >= 15 is 0 Å². The Morgan fingerprint density at radius 1 is 1.03 bits per heavy atom. The number of likely N-dealkylation sites (tertiary alicyclic amines) is 1. The highest BCUT2D eigenvalue weighted by Gasteiger charge is 2.59. The van der Waals surface area contributed by atoms with E-state index < -0.39 is 41.5 Å². The van der Waals surface area contributed by atoms with Crippen LogP contribution in [-0.2, 0) is 19.8 Å². The second kappa shape index (κ2) is 8.51. The van der Waals surface area contributed by atoms with Crippen LogP contribution in [0.2, 0.25) is 0 Å². The van der Waals surface area contributed by atoms with Crippen molar-refractivity contribution in [3.05, 3.63) is 29.8 Å². The summed E-state index contributed by atoms with van der Waals surface area (Å²) in [6.45, 7) is 5.75. The van der Waals surface area contributed by atoms with Crippen LogP contribution in [0, 0.1) is 39.9 Å². The second-order valence-corrected chi connectivity index (χ2v) is 9.56. The lowest BCUT2D eigenvalue weighted by Crippen LogP contribution is -2.61. The molecule has 1 aromatic carbocycles. The number of anilines is 1. The molecule has 2 aliphatic rings. The molecular weight excluding hydrogens is 392 g/mol. The highest BCUT2D eigenvalue weighted by molar-refractivity contribution is 6.07. The van der Waals surface area contributed by atoms with E-state index in [-0.39, 0.29) is 5.41 Å². The molecular formula is C24H28N4O3. The number of amides is 3. The topological polar surface area (TPSA) is 114 Å². The minimum atomic E-state index is -1.09. The van der Waals surface area contributed by atoms with Crippen LogP contribution in [0.25, 0.3) is 0 Å². The van der Waals surface area contributed by atoms with Crippen molar-refractivity contribution in [2.24, 2.45) is 17.3 Å². The van der Waals surface area contributed by atoms with Crippen LogP contribution >= 0.6 is 0 Å². The Morgan fingerprint density at radius 2 is 1.55 bits per heavy atom. The van der Waals surface area contributed by atoms with Gasteiger partial charge in [0.15, 0.2) is 0 Å². The lowest BCUT2D eigenvalue weighted by Gasteiger charge is -2.47. The summed E-state index contributed by atoms with van der Waals surface area (Å²) in [6, 6.07) is 11.5. The monoisotopic (exact) mass is 420 g/mol. The van der Waals surface area contributed by atoms with Crippen LogP contribution in [0.5, 0.6) is 0 Å². The van der Waals surface area contributed by atoms with Gasteiger partial charge in [-0.15, -0.1) is 0 Å². The van der Waals surface area contributed by atoms with Crippen molar-refractivity contribution < 1.29 is 14.4 Å². The van der Waals surface area contributed by atoms with Crippen LogP contribution < -0.4 is 5.32 Å². The first-order chi connectivity index (χ1) is 14.6. The number of carbonyl (C=O) groups is 3. The average Bonchev–Trinajstić information content (AvgIpc) is 2.72. The molecule has 1 saturated heterocycles. The van der Waals surface area contributed by atoms with E-state index in [1.54, 1.807) is 12.1 Å². The summed E-state index contributed by atoms with van der Waals surface area (Å²) >= 11 is 0. The van der Waals surface area contributed by atoms with E-state index in [2.05, 4.69) is 26.1 Å². The standard InChI is InChI=1S/C24H28N4O3/c1-23(2,3)16-7-9-17(10-8-16)27-20(29)15-28-21(30)18(13-25)24(11-5-4-6-12-24)19(14-26)22(28)31/h7-10,18-19H,4-6,11-12,15H2,1-3H3,(H,27,29)/t18-,19-/m0/s1. The molecule has 7 nitrogen and oxygen atoms in total. The van der Waals surface area contributed by atoms with Crippen LogP contribution in [0.3, 0.4) is 0 Å². The van der Waals surface area contributed by atoms with Crippen LogP contribution in [0.4, 0.5) is 5.69 Å². The Bertz CT molecular complexity index is 921. The summed E-state index contributed by atoms with van der Waals surface area (Å²) < 4.78 is 0. The van der Waals surface area contributed by atoms with Crippen LogP contribution in [0.1, 0.15) is 58.4 Å². The highest BCUT2D eigenvalue weighted by atomic mass is 16.2. The molecule has 0 bridgehead atoms. The smallest absolute Gasteiger partial charge is 0.247 e. The van der Waals surface area contributed by atoms with Gasteiger partial charge in [-0.3, -0.25) is 19.3 Å². The zero-order valence-corrected chi connectivity index (χ0v) is 18.3. The molecule has 3 rings (SSSR count). The van der Waals surface area contributed by atoms with Crippen molar-refractivity contribution in [3.8, 4) is 12.1 Å². The molecule has 2 atom stereocenters. The number of rotatable bonds is 3. The van der Waals surface area contributed by atoms with Gasteiger partial charge < -0.3 is 5.32 Å². The lowest BCUT2D eigenvalue weighted by molar-refractivity contribution is -0.164. The second-order valence-electron chi connectivity index (χ2n) is 9.56. The SMILES string of the molecule is CC(C)(C)c1ccc(NC(=O)CN2C(=O)[C@H](C#N)C3(CCCCC3)[C@@H](C#N)C2=O)cc1. The van der Waals surface area contributed by atoms with Gasteiger partial charge in [-0.05, 0) is 36.0 Å². The maximum absolute atomic E-state index is 13.0. The molecule has 1 aliphatic carbocycles. The average molecular weight is 421 g/mol. The van der Waals surface area contributed by atoms with Crippen LogP contribution in [-0.4, -0.2) is 29.2 Å². The Morgan fingerprint density at radius 3 is 2.00 bits per heavy atom. The molecule has 0 unspecified atom stereocenters. The van der Waals surface area contributed by atoms with E-state index in [1.807, 2.05) is 24.3 Å². The molecule has 1 aromatic rings. The number of nitriles is 2. The molecule has 1 saturated carbocycles. The molecule has 162 valence electrons. The van der Waals surface area contributed by atoms with E-state index in [1.165, 1.54) is 0 Å². The number of nitrogens with one attached hydrogen (secondary N) is 1. The van der Waals surface area contributed by atoms with Crippen molar-refractivity contribution in [2.45, 2.75) is 58.3 Å². The van der Waals surface area contributed by atoms with Gasteiger partial charge in [0.05, 0.1) is 12.1 Å². The van der Waals surface area contributed by atoms with Gasteiger partial charge >= 0.3 is 0 Å². The number of nitrogens with zero attached hydrogens (tertiary/aromatic N) is 3. The van der Waals surface area contributed by atoms with Crippen molar-refractivity contribution in [2.75, 3.05) is 11.9 Å². The van der Waals surface area contributed by atoms with Crippen molar-refractivity contribution in [1.29, 1.82) is 10.5 Å². The number of piperidine rings is 1. The Kier molecular flexibility index (Phi) is 6.18. The Labute approximate surface area is 183 Å². The van der Waals surface area contributed by atoms with E-state index in [0.717, 1.165) is 29.7 Å². The van der Waals surface area contributed by atoms with Gasteiger partial charge in [-0.2, -0.15) is 10.5 Å². The molecule has 1 heterocycles. The largest absolute Gasteiger partial charge is 0.325 e. The Balaban J connectivity index is 1.77. The molecule has 7 heteroatoms. The maximum Gasteiger partial charge on any atom is 0.247 e. The summed E-state index contributed by atoms with van der Waals surface area (Å²) in [5, 5.41) is 22.2.